The van der Waals surface area contributed by atoms with Gasteiger partial charge in [-0.2, -0.15) is 0 Å². The second kappa shape index (κ2) is 8.17. The van der Waals surface area contributed by atoms with Gasteiger partial charge in [-0.15, -0.1) is 0 Å². The Morgan fingerprint density at radius 3 is 2.24 bits per heavy atom. The van der Waals surface area contributed by atoms with Crippen molar-refractivity contribution in [1.29, 1.82) is 0 Å². The summed E-state index contributed by atoms with van der Waals surface area (Å²) in [6, 6.07) is 0. The van der Waals surface area contributed by atoms with Crippen LogP contribution in [0, 0.1) is 5.41 Å². The number of nitrogens with one attached hydrogen (secondary N) is 2. The summed E-state index contributed by atoms with van der Waals surface area (Å²) in [6.45, 7) is 11.6. The molecule has 120 valence electrons. The van der Waals surface area contributed by atoms with E-state index in [4.69, 9.17) is 0 Å². The summed E-state index contributed by atoms with van der Waals surface area (Å²) < 4.78 is 0. The minimum Gasteiger partial charge on any atom is -0.370 e. The van der Waals surface area contributed by atoms with E-state index in [1.165, 1.54) is 5.56 Å². The van der Waals surface area contributed by atoms with Crippen LogP contribution in [0.4, 0.5) is 11.6 Å². The van der Waals surface area contributed by atoms with E-state index in [0.29, 0.717) is 0 Å². The number of anilines is 2. The first-order valence-electron chi connectivity index (χ1n) is 7.86. The van der Waals surface area contributed by atoms with Crippen LogP contribution in [0.25, 0.3) is 0 Å². The molecule has 0 fully saturated rings. The Labute approximate surface area is 129 Å². The average molecular weight is 293 g/mol. The first kappa shape index (κ1) is 17.7. The molecule has 0 aromatic carbocycles. The van der Waals surface area contributed by atoms with Crippen LogP contribution in [0.1, 0.15) is 39.7 Å². The highest BCUT2D eigenvalue weighted by molar-refractivity contribution is 5.57. The number of rotatable bonds is 9. The molecule has 1 aromatic rings. The highest BCUT2D eigenvalue weighted by Gasteiger charge is 2.20. The molecule has 0 unspecified atom stereocenters. The maximum absolute atomic E-state index is 4.45. The van der Waals surface area contributed by atoms with Crippen molar-refractivity contribution in [1.82, 2.24) is 14.9 Å². The summed E-state index contributed by atoms with van der Waals surface area (Å²) in [5.41, 5.74) is 1.39. The fraction of sp³-hybridized carbons (Fsp3) is 0.750. The Bertz CT molecular complexity index is 429. The molecule has 0 radical (unpaired) electrons. The van der Waals surface area contributed by atoms with E-state index in [1.807, 2.05) is 0 Å². The van der Waals surface area contributed by atoms with Gasteiger partial charge in [0.05, 0.1) is 0 Å². The van der Waals surface area contributed by atoms with E-state index in [1.54, 1.807) is 6.33 Å². The first-order valence-corrected chi connectivity index (χ1v) is 7.86. The number of aromatic nitrogens is 2. The molecule has 1 aromatic heterocycles. The largest absolute Gasteiger partial charge is 0.370 e. The van der Waals surface area contributed by atoms with Gasteiger partial charge in [-0.3, -0.25) is 0 Å². The molecule has 0 aliphatic carbocycles. The van der Waals surface area contributed by atoms with Gasteiger partial charge in [0.25, 0.3) is 0 Å². The van der Waals surface area contributed by atoms with Crippen molar-refractivity contribution >= 4 is 11.6 Å². The van der Waals surface area contributed by atoms with Crippen molar-refractivity contribution in [3.63, 3.8) is 0 Å². The number of hydrogen-bond acceptors (Lipinski definition) is 5. The molecule has 1 heterocycles. The lowest BCUT2D eigenvalue weighted by Gasteiger charge is -2.29. The van der Waals surface area contributed by atoms with Crippen LogP contribution in [-0.2, 0) is 6.42 Å². The van der Waals surface area contributed by atoms with E-state index in [2.05, 4.69) is 67.3 Å². The molecule has 5 heteroatoms. The SMILES string of the molecule is CCCc1c(NCC)ncnc1NCC(C)(C)CN(C)C. The zero-order valence-electron chi connectivity index (χ0n) is 14.5. The number of nitrogens with zero attached hydrogens (tertiary/aromatic N) is 3. The Kier molecular flexibility index (Phi) is 6.89. The van der Waals surface area contributed by atoms with Gasteiger partial charge < -0.3 is 15.5 Å². The fourth-order valence-electron chi connectivity index (χ4n) is 2.61. The maximum Gasteiger partial charge on any atom is 0.134 e. The van der Waals surface area contributed by atoms with Gasteiger partial charge in [-0.1, -0.05) is 27.2 Å². The lowest BCUT2D eigenvalue weighted by atomic mass is 9.93. The predicted molar refractivity (Wildman–Crippen MR) is 91.0 cm³/mol. The second-order valence-electron chi connectivity index (χ2n) is 6.59. The maximum atomic E-state index is 4.45. The molecular weight excluding hydrogens is 262 g/mol. The third-order valence-electron chi connectivity index (χ3n) is 3.27. The summed E-state index contributed by atoms with van der Waals surface area (Å²) in [5, 5.41) is 6.86. The second-order valence-corrected chi connectivity index (χ2v) is 6.59. The molecule has 21 heavy (non-hydrogen) atoms. The van der Waals surface area contributed by atoms with E-state index < -0.39 is 0 Å². The van der Waals surface area contributed by atoms with Gasteiger partial charge in [-0.05, 0) is 32.9 Å². The lowest BCUT2D eigenvalue weighted by molar-refractivity contribution is 0.254. The van der Waals surface area contributed by atoms with Crippen LogP contribution in [0.3, 0.4) is 0 Å². The van der Waals surface area contributed by atoms with E-state index in [0.717, 1.165) is 44.1 Å². The van der Waals surface area contributed by atoms with Crippen molar-refractivity contribution in [2.45, 2.75) is 40.5 Å². The minimum atomic E-state index is 0.191. The monoisotopic (exact) mass is 293 g/mol. The molecule has 0 saturated heterocycles. The quantitative estimate of drug-likeness (QED) is 0.733. The molecule has 0 aliphatic heterocycles. The summed E-state index contributed by atoms with van der Waals surface area (Å²) >= 11 is 0. The molecule has 5 nitrogen and oxygen atoms in total. The molecular formula is C16H31N5. The summed E-state index contributed by atoms with van der Waals surface area (Å²) in [6.07, 6.45) is 3.71. The van der Waals surface area contributed by atoms with E-state index in [-0.39, 0.29) is 5.41 Å². The van der Waals surface area contributed by atoms with Gasteiger partial charge in [0.15, 0.2) is 0 Å². The zero-order chi connectivity index (χ0) is 15.9. The van der Waals surface area contributed by atoms with Crippen molar-refractivity contribution < 1.29 is 0 Å². The predicted octanol–water partition coefficient (Wildman–Crippen LogP) is 2.86. The first-order chi connectivity index (χ1) is 9.89. The Morgan fingerprint density at radius 1 is 1.10 bits per heavy atom. The molecule has 0 atom stereocenters. The van der Waals surface area contributed by atoms with Crippen LogP contribution in [0.5, 0.6) is 0 Å². The van der Waals surface area contributed by atoms with Crippen LogP contribution in [0.2, 0.25) is 0 Å². The highest BCUT2D eigenvalue weighted by Crippen LogP contribution is 2.23. The van der Waals surface area contributed by atoms with Gasteiger partial charge in [0.1, 0.15) is 18.0 Å². The Morgan fingerprint density at radius 2 is 1.71 bits per heavy atom. The van der Waals surface area contributed by atoms with Gasteiger partial charge >= 0.3 is 0 Å². The van der Waals surface area contributed by atoms with Crippen LogP contribution in [-0.4, -0.2) is 48.6 Å². The molecule has 2 N–H and O–H groups in total. The van der Waals surface area contributed by atoms with Crippen LogP contribution in [0.15, 0.2) is 6.33 Å². The smallest absolute Gasteiger partial charge is 0.134 e. The third kappa shape index (κ3) is 5.87. The Hall–Kier alpha value is -1.36. The standard InChI is InChI=1S/C16H31N5/c1-7-9-13-14(17-8-2)19-12-20-15(13)18-10-16(3,4)11-21(5)6/h12H,7-11H2,1-6H3,(H2,17,18,19,20). The summed E-state index contributed by atoms with van der Waals surface area (Å²) in [4.78, 5) is 11.0. The van der Waals surface area contributed by atoms with Gasteiger partial charge in [0, 0.05) is 25.2 Å². The highest BCUT2D eigenvalue weighted by atomic mass is 15.1. The molecule has 1 rings (SSSR count). The summed E-state index contributed by atoms with van der Waals surface area (Å²) in [7, 11) is 4.22. The van der Waals surface area contributed by atoms with Crippen molar-refractivity contribution in [2.75, 3.05) is 44.4 Å². The summed E-state index contributed by atoms with van der Waals surface area (Å²) in [5.74, 6) is 1.93. The van der Waals surface area contributed by atoms with Crippen molar-refractivity contribution in [3.8, 4) is 0 Å². The van der Waals surface area contributed by atoms with E-state index in [9.17, 15) is 0 Å². The minimum absolute atomic E-state index is 0.191. The van der Waals surface area contributed by atoms with Crippen molar-refractivity contribution in [3.05, 3.63) is 11.9 Å². The van der Waals surface area contributed by atoms with Crippen LogP contribution >= 0.6 is 0 Å². The number of hydrogen-bond donors (Lipinski definition) is 2. The van der Waals surface area contributed by atoms with Gasteiger partial charge in [0.2, 0.25) is 0 Å². The van der Waals surface area contributed by atoms with Gasteiger partial charge in [-0.25, -0.2) is 9.97 Å². The zero-order valence-corrected chi connectivity index (χ0v) is 14.5. The topological polar surface area (TPSA) is 53.1 Å². The molecule has 0 aliphatic rings. The van der Waals surface area contributed by atoms with Crippen LogP contribution < -0.4 is 10.6 Å². The van der Waals surface area contributed by atoms with Crippen molar-refractivity contribution in [2.24, 2.45) is 5.41 Å². The third-order valence-corrected chi connectivity index (χ3v) is 3.27. The molecule has 0 spiro atoms. The molecule has 0 saturated carbocycles. The normalized spacial score (nSPS) is 11.8. The average Bonchev–Trinajstić information content (AvgIpc) is 2.38. The molecule has 0 amide bonds. The fourth-order valence-corrected chi connectivity index (χ4v) is 2.61. The Balaban J connectivity index is 2.84. The molecule has 0 bridgehead atoms. The lowest BCUT2D eigenvalue weighted by Crippen LogP contribution is -2.34. The van der Waals surface area contributed by atoms with E-state index >= 15 is 0 Å².